The average Bonchev–Trinajstić information content (AvgIpc) is 2.45. The third-order valence-corrected chi connectivity index (χ3v) is 3.90. The quantitative estimate of drug-likeness (QED) is 0.691. The third kappa shape index (κ3) is 5.77. The number of carbonyl (C=O) groups excluding carboxylic acids is 1. The fourth-order valence-corrected chi connectivity index (χ4v) is 2.48. The van der Waals surface area contributed by atoms with Gasteiger partial charge in [-0.1, -0.05) is 61.2 Å². The van der Waals surface area contributed by atoms with Crippen LogP contribution in [0.1, 0.15) is 61.9 Å². The second-order valence-electron chi connectivity index (χ2n) is 4.93. The Morgan fingerprint density at radius 3 is 2.37 bits per heavy atom. The molecule has 1 aromatic rings. The number of halogens is 1. The van der Waals surface area contributed by atoms with Crippen LogP contribution in [-0.2, 0) is 5.33 Å². The summed E-state index contributed by atoms with van der Waals surface area (Å²) in [6.45, 7) is 4.35. The molecule has 0 aliphatic carbocycles. The van der Waals surface area contributed by atoms with E-state index in [4.69, 9.17) is 0 Å². The maximum Gasteiger partial charge on any atom is 0.251 e. The lowest BCUT2D eigenvalue weighted by Gasteiger charge is -2.18. The van der Waals surface area contributed by atoms with E-state index in [0.717, 1.165) is 30.2 Å². The molecule has 1 aromatic carbocycles. The Morgan fingerprint density at radius 1 is 1.16 bits per heavy atom. The van der Waals surface area contributed by atoms with Crippen molar-refractivity contribution in [1.82, 2.24) is 5.32 Å². The number of rotatable bonds is 8. The van der Waals surface area contributed by atoms with E-state index in [2.05, 4.69) is 35.1 Å². The van der Waals surface area contributed by atoms with Crippen molar-refractivity contribution in [1.29, 1.82) is 0 Å². The van der Waals surface area contributed by atoms with Gasteiger partial charge in [0.05, 0.1) is 0 Å². The molecule has 2 nitrogen and oxygen atoms in total. The van der Waals surface area contributed by atoms with E-state index in [1.54, 1.807) is 0 Å². The van der Waals surface area contributed by atoms with E-state index in [-0.39, 0.29) is 5.91 Å². The average molecular weight is 326 g/mol. The lowest BCUT2D eigenvalue weighted by molar-refractivity contribution is 0.0932. The zero-order valence-corrected chi connectivity index (χ0v) is 13.5. The Morgan fingerprint density at radius 2 is 1.84 bits per heavy atom. The van der Waals surface area contributed by atoms with Gasteiger partial charge in [-0.15, -0.1) is 0 Å². The molecule has 0 spiro atoms. The molecule has 0 aliphatic rings. The minimum atomic E-state index is 0.0516. The molecule has 106 valence electrons. The van der Waals surface area contributed by atoms with Gasteiger partial charge in [-0.25, -0.2) is 0 Å². The summed E-state index contributed by atoms with van der Waals surface area (Å²) in [6, 6.07) is 8.09. The van der Waals surface area contributed by atoms with Gasteiger partial charge in [0.15, 0.2) is 0 Å². The van der Waals surface area contributed by atoms with E-state index >= 15 is 0 Å². The molecule has 1 N–H and O–H groups in total. The first kappa shape index (κ1) is 16.2. The molecule has 1 unspecified atom stereocenters. The lowest BCUT2D eigenvalue weighted by Crippen LogP contribution is -2.34. The van der Waals surface area contributed by atoms with Gasteiger partial charge in [-0.2, -0.15) is 0 Å². The molecule has 1 rings (SSSR count). The van der Waals surface area contributed by atoms with Crippen molar-refractivity contribution in [2.75, 3.05) is 0 Å². The number of carbonyl (C=O) groups is 1. The van der Waals surface area contributed by atoms with Crippen LogP contribution >= 0.6 is 15.9 Å². The maximum absolute atomic E-state index is 12.2. The second-order valence-corrected chi connectivity index (χ2v) is 5.49. The number of hydrogen-bond acceptors (Lipinski definition) is 1. The van der Waals surface area contributed by atoms with Gasteiger partial charge in [0.2, 0.25) is 0 Å². The summed E-state index contributed by atoms with van der Waals surface area (Å²) in [5, 5.41) is 3.98. The normalized spacial score (nSPS) is 12.2. The van der Waals surface area contributed by atoms with Gasteiger partial charge in [-0.3, -0.25) is 4.79 Å². The fraction of sp³-hybridized carbons (Fsp3) is 0.562. The van der Waals surface area contributed by atoms with Crippen LogP contribution in [0.25, 0.3) is 0 Å². The number of amides is 1. The Bertz CT molecular complexity index is 375. The molecular weight excluding hydrogens is 302 g/mol. The highest BCUT2D eigenvalue weighted by atomic mass is 79.9. The van der Waals surface area contributed by atoms with E-state index < -0.39 is 0 Å². The predicted molar refractivity (Wildman–Crippen MR) is 84.8 cm³/mol. The topological polar surface area (TPSA) is 29.1 Å². The summed E-state index contributed by atoms with van der Waals surface area (Å²) in [6.07, 6.45) is 5.60. The molecule has 0 fully saturated rings. The highest BCUT2D eigenvalue weighted by Gasteiger charge is 2.12. The minimum Gasteiger partial charge on any atom is -0.349 e. The standard InChI is InChI=1S/C16H24BrNO/c1-3-5-7-15(6-4-2)18-16(19)14-10-8-13(12-17)9-11-14/h8-11,15H,3-7,12H2,1-2H3,(H,18,19). The van der Waals surface area contributed by atoms with Crippen molar-refractivity contribution in [3.8, 4) is 0 Å². The Balaban J connectivity index is 2.58. The fourth-order valence-electron chi connectivity index (χ4n) is 2.10. The number of alkyl halides is 1. The monoisotopic (exact) mass is 325 g/mol. The van der Waals surface area contributed by atoms with Gasteiger partial charge >= 0.3 is 0 Å². The van der Waals surface area contributed by atoms with E-state index in [1.807, 2.05) is 24.3 Å². The Hall–Kier alpha value is -0.830. The predicted octanol–water partition coefficient (Wildman–Crippen LogP) is 4.67. The van der Waals surface area contributed by atoms with E-state index in [1.165, 1.54) is 18.4 Å². The van der Waals surface area contributed by atoms with Gasteiger partial charge in [0, 0.05) is 16.9 Å². The van der Waals surface area contributed by atoms with Crippen LogP contribution in [0.5, 0.6) is 0 Å². The molecular formula is C16H24BrNO. The first-order valence-electron chi connectivity index (χ1n) is 7.17. The van der Waals surface area contributed by atoms with Gasteiger partial charge in [0.1, 0.15) is 0 Å². The summed E-state index contributed by atoms with van der Waals surface area (Å²) in [4.78, 5) is 12.2. The molecule has 0 radical (unpaired) electrons. The van der Waals surface area contributed by atoms with Crippen LogP contribution in [0.4, 0.5) is 0 Å². The zero-order chi connectivity index (χ0) is 14.1. The number of benzene rings is 1. The number of unbranched alkanes of at least 4 members (excludes halogenated alkanes) is 1. The summed E-state index contributed by atoms with van der Waals surface area (Å²) in [5.41, 5.74) is 1.94. The molecule has 3 heteroatoms. The van der Waals surface area contributed by atoms with Crippen molar-refractivity contribution in [2.24, 2.45) is 0 Å². The SMILES string of the molecule is CCCCC(CCC)NC(=O)c1ccc(CBr)cc1. The summed E-state index contributed by atoms with van der Waals surface area (Å²) >= 11 is 3.41. The number of hydrogen-bond donors (Lipinski definition) is 1. The van der Waals surface area contributed by atoms with Crippen LogP contribution in [-0.4, -0.2) is 11.9 Å². The highest BCUT2D eigenvalue weighted by Crippen LogP contribution is 2.11. The van der Waals surface area contributed by atoms with Gasteiger partial charge in [-0.05, 0) is 30.5 Å². The minimum absolute atomic E-state index is 0.0516. The molecule has 0 saturated carbocycles. The van der Waals surface area contributed by atoms with Crippen molar-refractivity contribution in [3.63, 3.8) is 0 Å². The van der Waals surface area contributed by atoms with Gasteiger partial charge in [0.25, 0.3) is 5.91 Å². The molecule has 19 heavy (non-hydrogen) atoms. The first-order valence-corrected chi connectivity index (χ1v) is 8.29. The summed E-state index contributed by atoms with van der Waals surface area (Å²) in [7, 11) is 0. The zero-order valence-electron chi connectivity index (χ0n) is 11.9. The first-order chi connectivity index (χ1) is 9.21. The molecule has 0 aromatic heterocycles. The number of nitrogens with one attached hydrogen (secondary N) is 1. The van der Waals surface area contributed by atoms with Crippen LogP contribution in [0.3, 0.4) is 0 Å². The van der Waals surface area contributed by atoms with Crippen molar-refractivity contribution in [2.45, 2.75) is 57.3 Å². The van der Waals surface area contributed by atoms with Crippen LogP contribution in [0.2, 0.25) is 0 Å². The summed E-state index contributed by atoms with van der Waals surface area (Å²) < 4.78 is 0. The molecule has 0 bridgehead atoms. The van der Waals surface area contributed by atoms with E-state index in [9.17, 15) is 4.79 Å². The van der Waals surface area contributed by atoms with Crippen molar-refractivity contribution >= 4 is 21.8 Å². The molecule has 0 aliphatic heterocycles. The molecule has 0 saturated heterocycles. The smallest absolute Gasteiger partial charge is 0.251 e. The van der Waals surface area contributed by atoms with Crippen molar-refractivity contribution in [3.05, 3.63) is 35.4 Å². The highest BCUT2D eigenvalue weighted by molar-refractivity contribution is 9.08. The summed E-state index contributed by atoms with van der Waals surface area (Å²) in [5.74, 6) is 0.0516. The Kier molecular flexibility index (Phi) is 7.80. The second kappa shape index (κ2) is 9.13. The third-order valence-electron chi connectivity index (χ3n) is 3.25. The largest absolute Gasteiger partial charge is 0.349 e. The Labute approximate surface area is 125 Å². The maximum atomic E-state index is 12.2. The molecule has 0 heterocycles. The molecule has 1 amide bonds. The van der Waals surface area contributed by atoms with Crippen LogP contribution in [0, 0.1) is 0 Å². The van der Waals surface area contributed by atoms with Crippen LogP contribution in [0.15, 0.2) is 24.3 Å². The van der Waals surface area contributed by atoms with Gasteiger partial charge < -0.3 is 5.32 Å². The van der Waals surface area contributed by atoms with Crippen LogP contribution < -0.4 is 5.32 Å². The van der Waals surface area contributed by atoms with Crippen molar-refractivity contribution < 1.29 is 4.79 Å². The lowest BCUT2D eigenvalue weighted by atomic mass is 10.0. The van der Waals surface area contributed by atoms with E-state index in [0.29, 0.717) is 6.04 Å². The molecule has 1 atom stereocenters.